The van der Waals surface area contributed by atoms with E-state index >= 15 is 0 Å². The van der Waals surface area contributed by atoms with Gasteiger partial charge >= 0.3 is 0 Å². The van der Waals surface area contributed by atoms with Crippen LogP contribution in [0, 0.1) is 13.8 Å². The van der Waals surface area contributed by atoms with Gasteiger partial charge in [0, 0.05) is 12.2 Å². The van der Waals surface area contributed by atoms with Gasteiger partial charge in [-0.15, -0.1) is 0 Å². The van der Waals surface area contributed by atoms with Crippen LogP contribution in [-0.4, -0.2) is 22.3 Å². The van der Waals surface area contributed by atoms with Crippen molar-refractivity contribution in [3.8, 4) is 0 Å². The maximum absolute atomic E-state index is 12.8. The van der Waals surface area contributed by atoms with Crippen LogP contribution >= 0.6 is 0 Å². The number of hydrogen-bond acceptors (Lipinski definition) is 2. The Morgan fingerprint density at radius 1 is 1.18 bits per heavy atom. The first kappa shape index (κ1) is 14.6. The molecule has 1 N–H and O–H groups in total. The predicted molar refractivity (Wildman–Crippen MR) is 86.0 cm³/mol. The number of aryl methyl sites for hydroxylation is 2. The molecule has 1 fully saturated rings. The van der Waals surface area contributed by atoms with Crippen LogP contribution in [0.25, 0.3) is 0 Å². The fourth-order valence-electron chi connectivity index (χ4n) is 3.19. The zero-order valence-electron chi connectivity index (χ0n) is 12.9. The number of nitrogens with one attached hydrogen (secondary N) is 1. The Kier molecular flexibility index (Phi) is 3.84. The van der Waals surface area contributed by atoms with Gasteiger partial charge < -0.3 is 9.88 Å². The Morgan fingerprint density at radius 3 is 2.68 bits per heavy atom. The highest BCUT2D eigenvalue weighted by Crippen LogP contribution is 2.34. The van der Waals surface area contributed by atoms with Gasteiger partial charge in [0.15, 0.2) is 0 Å². The number of aromatic nitrogens is 1. The third-order valence-electron chi connectivity index (χ3n) is 4.35. The number of carbonyl (C=O) groups excluding carboxylic acids is 1. The quantitative estimate of drug-likeness (QED) is 0.926. The van der Waals surface area contributed by atoms with Crippen molar-refractivity contribution in [1.29, 1.82) is 0 Å². The maximum atomic E-state index is 12.8. The number of benzene rings is 1. The van der Waals surface area contributed by atoms with Gasteiger partial charge in [-0.25, -0.2) is 0 Å². The average molecular weight is 296 g/mol. The maximum Gasteiger partial charge on any atom is 0.260 e. The molecule has 2 heterocycles. The largest absolute Gasteiger partial charge is 0.331 e. The van der Waals surface area contributed by atoms with Crippen LogP contribution in [0.15, 0.2) is 41.2 Å². The summed E-state index contributed by atoms with van der Waals surface area (Å²) >= 11 is 0. The normalized spacial score (nSPS) is 17.7. The van der Waals surface area contributed by atoms with Crippen LogP contribution < -0.4 is 5.56 Å². The molecule has 0 spiro atoms. The van der Waals surface area contributed by atoms with Gasteiger partial charge in [0.1, 0.15) is 5.56 Å². The first-order valence-corrected chi connectivity index (χ1v) is 7.64. The molecular formula is C18H20N2O2. The Bertz CT molecular complexity index is 764. The van der Waals surface area contributed by atoms with Crippen LogP contribution in [0.3, 0.4) is 0 Å². The molecule has 0 saturated carbocycles. The lowest BCUT2D eigenvalue weighted by molar-refractivity contribution is 0.0733. The van der Waals surface area contributed by atoms with Crippen molar-refractivity contribution < 1.29 is 4.79 Å². The third kappa shape index (κ3) is 2.56. The minimum Gasteiger partial charge on any atom is -0.331 e. The molecule has 22 heavy (non-hydrogen) atoms. The second-order valence-corrected chi connectivity index (χ2v) is 5.90. The molecule has 1 atom stereocenters. The number of aromatic amines is 1. The molecule has 2 aromatic rings. The van der Waals surface area contributed by atoms with Crippen molar-refractivity contribution in [3.05, 3.63) is 69.1 Å². The number of carbonyl (C=O) groups is 1. The van der Waals surface area contributed by atoms with Crippen molar-refractivity contribution in [2.75, 3.05) is 6.54 Å². The standard InChI is InChI=1S/C18H20N2O2/c1-12-6-3-4-7-14(12)16-8-5-11-20(16)18(22)15-10-9-13(2)19-17(15)21/h3-4,6-7,9-10,16H,5,8,11H2,1-2H3,(H,19,21)/t16-/m0/s1. The molecule has 0 radical (unpaired) electrons. The average Bonchev–Trinajstić information content (AvgIpc) is 2.96. The van der Waals surface area contributed by atoms with Gasteiger partial charge in [0.25, 0.3) is 11.5 Å². The summed E-state index contributed by atoms with van der Waals surface area (Å²) in [5.74, 6) is -0.174. The number of hydrogen-bond donors (Lipinski definition) is 1. The van der Waals surface area contributed by atoms with Gasteiger partial charge in [0.2, 0.25) is 0 Å². The van der Waals surface area contributed by atoms with E-state index in [2.05, 4.69) is 24.0 Å². The molecular weight excluding hydrogens is 276 g/mol. The minimum absolute atomic E-state index is 0.0643. The van der Waals surface area contributed by atoms with Gasteiger partial charge in [-0.05, 0) is 49.9 Å². The molecule has 4 heteroatoms. The lowest BCUT2D eigenvalue weighted by Crippen LogP contribution is -2.34. The van der Waals surface area contributed by atoms with E-state index in [-0.39, 0.29) is 23.1 Å². The lowest BCUT2D eigenvalue weighted by atomic mass is 9.99. The molecule has 0 bridgehead atoms. The van der Waals surface area contributed by atoms with Crippen LogP contribution in [0.5, 0.6) is 0 Å². The highest BCUT2D eigenvalue weighted by molar-refractivity contribution is 5.94. The van der Waals surface area contributed by atoms with Gasteiger partial charge in [-0.1, -0.05) is 24.3 Å². The first-order chi connectivity index (χ1) is 10.6. The van der Waals surface area contributed by atoms with Gasteiger partial charge in [-0.2, -0.15) is 0 Å². The number of amides is 1. The Balaban J connectivity index is 1.95. The zero-order valence-corrected chi connectivity index (χ0v) is 12.9. The summed E-state index contributed by atoms with van der Waals surface area (Å²) in [5, 5.41) is 0. The number of nitrogens with zero attached hydrogens (tertiary/aromatic N) is 1. The van der Waals surface area contributed by atoms with Crippen LogP contribution in [0.4, 0.5) is 0 Å². The zero-order chi connectivity index (χ0) is 15.7. The molecule has 114 valence electrons. The van der Waals surface area contributed by atoms with E-state index in [0.29, 0.717) is 6.54 Å². The van der Waals surface area contributed by atoms with E-state index < -0.39 is 0 Å². The molecule has 1 aromatic heterocycles. The van der Waals surface area contributed by atoms with Crippen LogP contribution in [-0.2, 0) is 0 Å². The molecule has 0 unspecified atom stereocenters. The first-order valence-electron chi connectivity index (χ1n) is 7.64. The van der Waals surface area contributed by atoms with Crippen LogP contribution in [0.1, 0.15) is 46.1 Å². The summed E-state index contributed by atoms with van der Waals surface area (Å²) in [7, 11) is 0. The number of H-pyrrole nitrogens is 1. The molecule has 4 nitrogen and oxygen atoms in total. The van der Waals surface area contributed by atoms with Crippen molar-refractivity contribution >= 4 is 5.91 Å². The third-order valence-corrected chi connectivity index (χ3v) is 4.35. The number of pyridine rings is 1. The Hall–Kier alpha value is -2.36. The summed E-state index contributed by atoms with van der Waals surface area (Å²) in [6.45, 7) is 4.57. The SMILES string of the molecule is Cc1ccc(C(=O)N2CCC[C@H]2c2ccccc2C)c(=O)[nH]1. The summed E-state index contributed by atoms with van der Waals surface area (Å²) in [6.07, 6.45) is 1.91. The minimum atomic E-state index is -0.305. The topological polar surface area (TPSA) is 53.2 Å². The van der Waals surface area contributed by atoms with Crippen molar-refractivity contribution in [3.63, 3.8) is 0 Å². The highest BCUT2D eigenvalue weighted by Gasteiger charge is 2.32. The van der Waals surface area contributed by atoms with Crippen LogP contribution in [0.2, 0.25) is 0 Å². The van der Waals surface area contributed by atoms with E-state index in [9.17, 15) is 9.59 Å². The summed E-state index contributed by atoms with van der Waals surface area (Å²) in [4.78, 5) is 29.4. The predicted octanol–water partition coefficient (Wildman–Crippen LogP) is 2.97. The molecule has 1 saturated heterocycles. The van der Waals surface area contributed by atoms with Crippen molar-refractivity contribution in [2.45, 2.75) is 32.7 Å². The van der Waals surface area contributed by atoms with E-state index in [0.717, 1.165) is 18.5 Å². The molecule has 1 aliphatic rings. The summed E-state index contributed by atoms with van der Waals surface area (Å²) in [6, 6.07) is 11.6. The Labute approximate surface area is 129 Å². The fraction of sp³-hybridized carbons (Fsp3) is 0.333. The highest BCUT2D eigenvalue weighted by atomic mass is 16.2. The van der Waals surface area contributed by atoms with E-state index in [4.69, 9.17) is 0 Å². The summed E-state index contributed by atoms with van der Waals surface area (Å²) < 4.78 is 0. The molecule has 1 aliphatic heterocycles. The van der Waals surface area contributed by atoms with Gasteiger partial charge in [-0.3, -0.25) is 9.59 Å². The molecule has 3 rings (SSSR count). The summed E-state index contributed by atoms with van der Waals surface area (Å²) in [5.41, 5.74) is 3.05. The lowest BCUT2D eigenvalue weighted by Gasteiger charge is -2.26. The second kappa shape index (κ2) is 5.79. The van der Waals surface area contributed by atoms with E-state index in [1.54, 1.807) is 12.1 Å². The molecule has 1 aromatic carbocycles. The monoisotopic (exact) mass is 296 g/mol. The van der Waals surface area contributed by atoms with E-state index in [1.807, 2.05) is 24.0 Å². The second-order valence-electron chi connectivity index (χ2n) is 5.90. The molecule has 1 amide bonds. The Morgan fingerprint density at radius 2 is 1.95 bits per heavy atom. The van der Waals surface area contributed by atoms with Crippen molar-refractivity contribution in [2.24, 2.45) is 0 Å². The number of rotatable bonds is 2. The smallest absolute Gasteiger partial charge is 0.260 e. The van der Waals surface area contributed by atoms with E-state index in [1.165, 1.54) is 11.1 Å². The fourth-order valence-corrected chi connectivity index (χ4v) is 3.19. The number of likely N-dealkylation sites (tertiary alicyclic amines) is 1. The molecule has 0 aliphatic carbocycles. The van der Waals surface area contributed by atoms with Gasteiger partial charge in [0.05, 0.1) is 6.04 Å². The van der Waals surface area contributed by atoms with Crippen molar-refractivity contribution in [1.82, 2.24) is 9.88 Å².